The molecule has 2 aromatic carbocycles. The zero-order valence-corrected chi connectivity index (χ0v) is 19.1. The molecule has 34 heavy (non-hydrogen) atoms. The van der Waals surface area contributed by atoms with Crippen molar-refractivity contribution in [3.8, 4) is 0 Å². The van der Waals surface area contributed by atoms with Crippen LogP contribution in [0.1, 0.15) is 31.0 Å². The highest BCUT2D eigenvalue weighted by Gasteiger charge is 2.40. The maximum atomic E-state index is 13.3. The first kappa shape index (κ1) is 23.2. The van der Waals surface area contributed by atoms with Gasteiger partial charge in [-0.3, -0.25) is 15.0 Å². The standard InChI is InChI=1S/C25H25N3O6/c1-4-33-24(30)16(2)27-14-18(20-7-5-6-8-21(20)27)13-22-23(29)28(25(31)26(22)3)19-11-9-17(10-12-19)15-34-32/h5-14,16,32H,4,15H2,1-3H3. The molecule has 0 spiro atoms. The molecule has 4 rings (SSSR count). The van der Waals surface area contributed by atoms with Crippen molar-refractivity contribution in [2.75, 3.05) is 18.6 Å². The number of likely N-dealkylation sites (N-methyl/N-ethyl adjacent to an activating group) is 1. The number of esters is 1. The van der Waals surface area contributed by atoms with E-state index in [-0.39, 0.29) is 24.9 Å². The van der Waals surface area contributed by atoms with Crippen molar-refractivity contribution in [1.82, 2.24) is 9.47 Å². The van der Waals surface area contributed by atoms with Crippen molar-refractivity contribution in [3.63, 3.8) is 0 Å². The van der Waals surface area contributed by atoms with Gasteiger partial charge in [0.25, 0.3) is 5.91 Å². The lowest BCUT2D eigenvalue weighted by Gasteiger charge is -2.13. The number of hydrogen-bond acceptors (Lipinski definition) is 6. The molecule has 1 N–H and O–H groups in total. The molecular formula is C25H25N3O6. The third-order valence-electron chi connectivity index (χ3n) is 5.80. The summed E-state index contributed by atoms with van der Waals surface area (Å²) in [4.78, 5) is 45.1. The first-order valence-electron chi connectivity index (χ1n) is 10.8. The van der Waals surface area contributed by atoms with Crippen LogP contribution in [0.4, 0.5) is 10.5 Å². The van der Waals surface area contributed by atoms with E-state index in [4.69, 9.17) is 9.99 Å². The van der Waals surface area contributed by atoms with Crippen molar-refractivity contribution in [3.05, 3.63) is 71.6 Å². The van der Waals surface area contributed by atoms with E-state index in [9.17, 15) is 14.4 Å². The molecule has 1 aliphatic rings. The monoisotopic (exact) mass is 463 g/mol. The summed E-state index contributed by atoms with van der Waals surface area (Å²) in [6, 6.07) is 13.1. The molecule has 1 saturated heterocycles. The van der Waals surface area contributed by atoms with E-state index in [1.807, 2.05) is 24.3 Å². The maximum Gasteiger partial charge on any atom is 0.336 e. The van der Waals surface area contributed by atoms with Gasteiger partial charge in [-0.2, -0.15) is 0 Å². The van der Waals surface area contributed by atoms with Gasteiger partial charge in [0.05, 0.1) is 12.3 Å². The highest BCUT2D eigenvalue weighted by atomic mass is 17.1. The highest BCUT2D eigenvalue weighted by molar-refractivity contribution is 6.28. The molecule has 1 atom stereocenters. The van der Waals surface area contributed by atoms with E-state index in [1.165, 1.54) is 4.90 Å². The van der Waals surface area contributed by atoms with Gasteiger partial charge < -0.3 is 9.30 Å². The van der Waals surface area contributed by atoms with Crippen molar-refractivity contribution < 1.29 is 29.3 Å². The lowest BCUT2D eigenvalue weighted by molar-refractivity contribution is -0.253. The van der Waals surface area contributed by atoms with E-state index >= 15 is 0 Å². The summed E-state index contributed by atoms with van der Waals surface area (Å²) in [5.74, 6) is -0.818. The number of fused-ring (bicyclic) bond motifs is 1. The molecule has 1 aromatic heterocycles. The van der Waals surface area contributed by atoms with Gasteiger partial charge >= 0.3 is 12.0 Å². The van der Waals surface area contributed by atoms with Crippen LogP contribution in [-0.2, 0) is 25.8 Å². The van der Waals surface area contributed by atoms with Crippen LogP contribution in [0.5, 0.6) is 0 Å². The summed E-state index contributed by atoms with van der Waals surface area (Å²) in [5.41, 5.74) is 2.82. The third kappa shape index (κ3) is 4.07. The Morgan fingerprint density at radius 2 is 1.82 bits per heavy atom. The van der Waals surface area contributed by atoms with Gasteiger partial charge in [-0.15, -0.1) is 0 Å². The topological polar surface area (TPSA) is 101 Å². The number of nitrogens with zero attached hydrogens (tertiary/aromatic N) is 3. The number of benzene rings is 2. The Labute approximate surface area is 196 Å². The number of rotatable bonds is 7. The fourth-order valence-corrected chi connectivity index (χ4v) is 3.99. The van der Waals surface area contributed by atoms with E-state index in [0.29, 0.717) is 16.8 Å². The van der Waals surface area contributed by atoms with Crippen LogP contribution in [0.25, 0.3) is 17.0 Å². The molecule has 3 aromatic rings. The number of imide groups is 1. The molecule has 0 radical (unpaired) electrons. The van der Waals surface area contributed by atoms with Crippen LogP contribution in [0.2, 0.25) is 0 Å². The minimum atomic E-state index is -0.562. The van der Waals surface area contributed by atoms with Crippen molar-refractivity contribution in [2.45, 2.75) is 26.5 Å². The highest BCUT2D eigenvalue weighted by Crippen LogP contribution is 2.31. The quantitative estimate of drug-likeness (QED) is 0.185. The smallest absolute Gasteiger partial charge is 0.336 e. The average Bonchev–Trinajstić information content (AvgIpc) is 3.30. The molecule has 0 aliphatic carbocycles. The van der Waals surface area contributed by atoms with Crippen molar-refractivity contribution >= 4 is 40.6 Å². The average molecular weight is 463 g/mol. The Hall–Kier alpha value is -3.95. The molecule has 0 saturated carbocycles. The number of anilines is 1. The maximum absolute atomic E-state index is 13.3. The molecule has 9 heteroatoms. The lowest BCUT2D eigenvalue weighted by atomic mass is 10.1. The Kier molecular flexibility index (Phi) is 6.49. The molecule has 3 amide bonds. The van der Waals surface area contributed by atoms with E-state index < -0.39 is 18.0 Å². The number of hydrogen-bond donors (Lipinski definition) is 1. The van der Waals surface area contributed by atoms with E-state index in [1.54, 1.807) is 62.0 Å². The van der Waals surface area contributed by atoms with Gasteiger partial charge in [0.2, 0.25) is 0 Å². The normalized spacial score (nSPS) is 16.1. The minimum Gasteiger partial charge on any atom is -0.464 e. The summed E-state index contributed by atoms with van der Waals surface area (Å²) < 4.78 is 6.98. The van der Waals surface area contributed by atoms with Gasteiger partial charge in [-0.1, -0.05) is 30.3 Å². The summed E-state index contributed by atoms with van der Waals surface area (Å²) >= 11 is 0. The minimum absolute atomic E-state index is 0.00150. The fourth-order valence-electron chi connectivity index (χ4n) is 3.99. The Morgan fingerprint density at radius 1 is 1.12 bits per heavy atom. The lowest BCUT2D eigenvalue weighted by Crippen LogP contribution is -2.31. The third-order valence-corrected chi connectivity index (χ3v) is 5.80. The van der Waals surface area contributed by atoms with Crippen LogP contribution in [0.3, 0.4) is 0 Å². The summed E-state index contributed by atoms with van der Waals surface area (Å²) in [6.07, 6.45) is 3.45. The van der Waals surface area contributed by atoms with Gasteiger partial charge in [-0.25, -0.2) is 19.4 Å². The molecule has 0 bridgehead atoms. The number of ether oxygens (including phenoxy) is 1. The largest absolute Gasteiger partial charge is 0.464 e. The second kappa shape index (κ2) is 9.50. The summed E-state index contributed by atoms with van der Waals surface area (Å²) in [5, 5.41) is 9.44. The fraction of sp³-hybridized carbons (Fsp3) is 0.240. The van der Waals surface area contributed by atoms with Crippen LogP contribution >= 0.6 is 0 Å². The zero-order valence-electron chi connectivity index (χ0n) is 19.1. The summed E-state index contributed by atoms with van der Waals surface area (Å²) in [6.45, 7) is 3.80. The predicted octanol–water partition coefficient (Wildman–Crippen LogP) is 4.19. The zero-order chi connectivity index (χ0) is 24.4. The number of urea groups is 1. The number of aromatic nitrogens is 1. The van der Waals surface area contributed by atoms with Crippen LogP contribution < -0.4 is 4.90 Å². The second-order valence-corrected chi connectivity index (χ2v) is 7.89. The van der Waals surface area contributed by atoms with Crippen molar-refractivity contribution in [2.24, 2.45) is 0 Å². The van der Waals surface area contributed by atoms with Gasteiger partial charge in [0.15, 0.2) is 0 Å². The molecule has 1 unspecified atom stereocenters. The summed E-state index contributed by atoms with van der Waals surface area (Å²) in [7, 11) is 1.54. The molecule has 2 heterocycles. The van der Waals surface area contributed by atoms with Gasteiger partial charge in [-0.05, 0) is 43.7 Å². The Balaban J connectivity index is 1.72. The number of amides is 3. The van der Waals surface area contributed by atoms with Crippen LogP contribution in [-0.4, -0.2) is 46.3 Å². The van der Waals surface area contributed by atoms with Crippen LogP contribution in [0, 0.1) is 0 Å². The van der Waals surface area contributed by atoms with E-state index in [0.717, 1.165) is 15.8 Å². The molecule has 9 nitrogen and oxygen atoms in total. The number of carbonyl (C=O) groups excluding carboxylic acids is 3. The Morgan fingerprint density at radius 3 is 2.50 bits per heavy atom. The molecular weight excluding hydrogens is 438 g/mol. The molecule has 1 fully saturated rings. The predicted molar refractivity (Wildman–Crippen MR) is 126 cm³/mol. The van der Waals surface area contributed by atoms with Gasteiger partial charge in [0, 0.05) is 29.7 Å². The first-order chi connectivity index (χ1) is 16.4. The second-order valence-electron chi connectivity index (χ2n) is 7.89. The Bertz CT molecular complexity index is 1280. The van der Waals surface area contributed by atoms with Crippen LogP contribution in [0.15, 0.2) is 60.4 Å². The van der Waals surface area contributed by atoms with Gasteiger partial charge in [0.1, 0.15) is 18.3 Å². The molecule has 176 valence electrons. The first-order valence-corrected chi connectivity index (χ1v) is 10.8. The van der Waals surface area contributed by atoms with E-state index in [2.05, 4.69) is 4.89 Å². The SMILES string of the molecule is CCOC(=O)C(C)n1cc(C=C2C(=O)N(c3ccc(COO)cc3)C(=O)N2C)c2ccccc21. The number of para-hydroxylation sites is 1. The molecule has 1 aliphatic heterocycles. The number of carbonyl (C=O) groups is 3. The van der Waals surface area contributed by atoms with Crippen molar-refractivity contribution in [1.29, 1.82) is 0 Å².